The first-order valence-electron chi connectivity index (χ1n) is 9.63. The highest BCUT2D eigenvalue weighted by atomic mass is 32.2. The molecule has 0 saturated heterocycles. The van der Waals surface area contributed by atoms with Crippen molar-refractivity contribution in [3.8, 4) is 0 Å². The first-order chi connectivity index (χ1) is 14.3. The molecule has 9 heteroatoms. The molecule has 0 aliphatic carbocycles. The van der Waals surface area contributed by atoms with Crippen molar-refractivity contribution in [3.05, 3.63) is 65.4 Å². The van der Waals surface area contributed by atoms with Crippen LogP contribution < -0.4 is 9.62 Å². The third kappa shape index (κ3) is 5.11. The molecule has 0 aliphatic rings. The Bertz CT molecular complexity index is 1140. The van der Waals surface area contributed by atoms with Gasteiger partial charge < -0.3 is 4.90 Å². The molecule has 0 amide bonds. The van der Waals surface area contributed by atoms with Gasteiger partial charge in [0.2, 0.25) is 10.0 Å². The lowest BCUT2D eigenvalue weighted by atomic mass is 10.1. The highest BCUT2D eigenvalue weighted by molar-refractivity contribution is 7.89. The zero-order valence-electron chi connectivity index (χ0n) is 17.5. The molecule has 2 aromatic carbocycles. The summed E-state index contributed by atoms with van der Waals surface area (Å²) in [6.45, 7) is 6.65. The predicted octanol–water partition coefficient (Wildman–Crippen LogP) is 4.38. The molecule has 0 spiro atoms. The summed E-state index contributed by atoms with van der Waals surface area (Å²) in [5, 5.41) is 15.9. The minimum atomic E-state index is -3.55. The highest BCUT2D eigenvalue weighted by Gasteiger charge is 2.16. The van der Waals surface area contributed by atoms with Crippen LogP contribution in [0.15, 0.2) is 63.7 Å². The lowest BCUT2D eigenvalue weighted by molar-refractivity contribution is 0.584. The molecule has 3 aromatic rings. The molecular formula is C21H26N6O2S. The van der Waals surface area contributed by atoms with Gasteiger partial charge in [-0.3, -0.25) is 5.10 Å². The minimum Gasteiger partial charge on any atom is -0.352 e. The second kappa shape index (κ2) is 9.19. The monoisotopic (exact) mass is 426 g/mol. The lowest BCUT2D eigenvalue weighted by Crippen LogP contribution is -2.22. The summed E-state index contributed by atoms with van der Waals surface area (Å²) in [5.74, 6) is 0.674. The summed E-state index contributed by atoms with van der Waals surface area (Å²) in [5.41, 5.74) is 4.21. The van der Waals surface area contributed by atoms with Crippen molar-refractivity contribution < 1.29 is 8.42 Å². The Kier molecular flexibility index (Phi) is 6.63. The van der Waals surface area contributed by atoms with Crippen molar-refractivity contribution in [1.82, 2.24) is 14.9 Å². The summed E-state index contributed by atoms with van der Waals surface area (Å²) in [6.07, 6.45) is 0. The molecule has 8 nitrogen and oxygen atoms in total. The molecular weight excluding hydrogens is 400 g/mol. The molecule has 0 atom stereocenters. The van der Waals surface area contributed by atoms with Crippen LogP contribution in [0, 0.1) is 13.8 Å². The van der Waals surface area contributed by atoms with Crippen molar-refractivity contribution in [2.75, 3.05) is 18.5 Å². The average Bonchev–Trinajstić information content (AvgIpc) is 3.09. The number of aromatic nitrogens is 2. The molecule has 1 aromatic heterocycles. The number of anilines is 1. The first-order valence-corrected chi connectivity index (χ1v) is 11.1. The maximum absolute atomic E-state index is 12.2. The predicted molar refractivity (Wildman–Crippen MR) is 118 cm³/mol. The second-order valence-corrected chi connectivity index (χ2v) is 8.83. The van der Waals surface area contributed by atoms with E-state index in [1.807, 2.05) is 18.9 Å². The van der Waals surface area contributed by atoms with Crippen LogP contribution in [-0.4, -0.2) is 32.2 Å². The van der Waals surface area contributed by atoms with E-state index in [2.05, 4.69) is 56.3 Å². The Morgan fingerprint density at radius 1 is 1.10 bits per heavy atom. The Morgan fingerprint density at radius 3 is 2.53 bits per heavy atom. The summed E-state index contributed by atoms with van der Waals surface area (Å²) in [7, 11) is -1.61. The molecule has 0 saturated carbocycles. The number of aryl methyl sites for hydroxylation is 2. The number of H-pyrrole nitrogens is 1. The topological polar surface area (TPSA) is 103 Å². The van der Waals surface area contributed by atoms with E-state index in [1.165, 1.54) is 17.7 Å². The standard InChI is InChI=1S/C21H26N6O2S/c1-5-22-30(28,29)19-8-6-7-18(13-19)24-25-20-16(3)23-26-21(20)27(4)14-17-11-9-15(2)10-12-17/h6-13,22H,5,14H2,1-4H3,(H,23,26). The fourth-order valence-corrected chi connectivity index (χ4v) is 4.01. The van der Waals surface area contributed by atoms with E-state index in [-0.39, 0.29) is 4.90 Å². The second-order valence-electron chi connectivity index (χ2n) is 7.06. The lowest BCUT2D eigenvalue weighted by Gasteiger charge is -2.17. The van der Waals surface area contributed by atoms with Crippen LogP contribution in [0.3, 0.4) is 0 Å². The van der Waals surface area contributed by atoms with Gasteiger partial charge in [-0.15, -0.1) is 5.11 Å². The molecule has 0 bridgehead atoms. The summed E-state index contributed by atoms with van der Waals surface area (Å²) < 4.78 is 26.9. The zero-order valence-corrected chi connectivity index (χ0v) is 18.4. The van der Waals surface area contributed by atoms with Gasteiger partial charge in [0.1, 0.15) is 0 Å². The van der Waals surface area contributed by atoms with Crippen molar-refractivity contribution in [2.24, 2.45) is 10.2 Å². The molecule has 30 heavy (non-hydrogen) atoms. The van der Waals surface area contributed by atoms with Crippen molar-refractivity contribution >= 4 is 27.2 Å². The number of benzene rings is 2. The largest absolute Gasteiger partial charge is 0.352 e. The molecule has 0 radical (unpaired) electrons. The van der Waals surface area contributed by atoms with Crippen molar-refractivity contribution in [2.45, 2.75) is 32.2 Å². The van der Waals surface area contributed by atoms with Crippen LogP contribution in [-0.2, 0) is 16.6 Å². The number of rotatable bonds is 8. The summed E-state index contributed by atoms with van der Waals surface area (Å²) in [4.78, 5) is 2.15. The van der Waals surface area contributed by atoms with Crippen LogP contribution in [0.25, 0.3) is 0 Å². The van der Waals surface area contributed by atoms with Gasteiger partial charge in [0.25, 0.3) is 0 Å². The Labute approximate surface area is 177 Å². The number of sulfonamides is 1. The Morgan fingerprint density at radius 2 is 1.83 bits per heavy atom. The number of nitrogens with zero attached hydrogens (tertiary/aromatic N) is 4. The summed E-state index contributed by atoms with van der Waals surface area (Å²) >= 11 is 0. The smallest absolute Gasteiger partial charge is 0.240 e. The Hall–Kier alpha value is -3.04. The van der Waals surface area contributed by atoms with E-state index in [0.29, 0.717) is 30.3 Å². The van der Waals surface area contributed by atoms with Crippen LogP contribution in [0.4, 0.5) is 17.2 Å². The van der Waals surface area contributed by atoms with Crippen LogP contribution in [0.5, 0.6) is 0 Å². The molecule has 3 rings (SSSR count). The number of aromatic amines is 1. The van der Waals surface area contributed by atoms with E-state index in [9.17, 15) is 8.42 Å². The van der Waals surface area contributed by atoms with Crippen LogP contribution in [0.2, 0.25) is 0 Å². The number of hydrogen-bond acceptors (Lipinski definition) is 6. The maximum Gasteiger partial charge on any atom is 0.240 e. The van der Waals surface area contributed by atoms with Gasteiger partial charge in [-0.1, -0.05) is 42.8 Å². The van der Waals surface area contributed by atoms with E-state index in [0.717, 1.165) is 11.3 Å². The average molecular weight is 427 g/mol. The van der Waals surface area contributed by atoms with Gasteiger partial charge >= 0.3 is 0 Å². The van der Waals surface area contributed by atoms with Gasteiger partial charge in [0.15, 0.2) is 11.5 Å². The Balaban J connectivity index is 1.83. The van der Waals surface area contributed by atoms with E-state index < -0.39 is 10.0 Å². The molecule has 1 heterocycles. The van der Waals surface area contributed by atoms with Gasteiger partial charge in [-0.05, 0) is 37.6 Å². The molecule has 0 unspecified atom stereocenters. The third-order valence-corrected chi connectivity index (χ3v) is 6.07. The fourth-order valence-electron chi connectivity index (χ4n) is 2.93. The van der Waals surface area contributed by atoms with Gasteiger partial charge in [0, 0.05) is 20.1 Å². The minimum absolute atomic E-state index is 0.154. The molecule has 0 fully saturated rings. The van der Waals surface area contributed by atoms with Gasteiger partial charge in [-0.2, -0.15) is 10.2 Å². The quantitative estimate of drug-likeness (QED) is 0.522. The maximum atomic E-state index is 12.2. The van der Waals surface area contributed by atoms with Crippen molar-refractivity contribution in [1.29, 1.82) is 0 Å². The third-order valence-electron chi connectivity index (χ3n) is 4.53. The SMILES string of the molecule is CCNS(=O)(=O)c1cccc(N=Nc2c(N(C)Cc3ccc(C)cc3)n[nH]c2C)c1. The zero-order chi connectivity index (χ0) is 21.7. The van der Waals surface area contributed by atoms with E-state index >= 15 is 0 Å². The normalized spacial score (nSPS) is 11.9. The van der Waals surface area contributed by atoms with Crippen LogP contribution >= 0.6 is 0 Å². The number of hydrogen-bond donors (Lipinski definition) is 2. The fraction of sp³-hybridized carbons (Fsp3) is 0.286. The number of nitrogens with one attached hydrogen (secondary N) is 2. The first kappa shape index (κ1) is 21.7. The van der Waals surface area contributed by atoms with Gasteiger partial charge in [0.05, 0.1) is 16.3 Å². The van der Waals surface area contributed by atoms with Crippen molar-refractivity contribution in [3.63, 3.8) is 0 Å². The molecule has 0 aliphatic heterocycles. The van der Waals surface area contributed by atoms with E-state index in [4.69, 9.17) is 0 Å². The molecule has 2 N–H and O–H groups in total. The molecule has 158 valence electrons. The summed E-state index contributed by atoms with van der Waals surface area (Å²) in [6, 6.07) is 14.7. The highest BCUT2D eigenvalue weighted by Crippen LogP contribution is 2.31. The number of azo groups is 1. The van der Waals surface area contributed by atoms with Gasteiger partial charge in [-0.25, -0.2) is 13.1 Å². The van der Waals surface area contributed by atoms with Crippen LogP contribution in [0.1, 0.15) is 23.7 Å². The van der Waals surface area contributed by atoms with E-state index in [1.54, 1.807) is 19.1 Å².